The lowest BCUT2D eigenvalue weighted by atomic mass is 10.1. The quantitative estimate of drug-likeness (QED) is 0.853. The molecule has 1 aliphatic carbocycles. The molecule has 3 rings (SSSR count). The fraction of sp³-hybridized carbons (Fsp3) is 0.643. The predicted molar refractivity (Wildman–Crippen MR) is 76.5 cm³/mol. The van der Waals surface area contributed by atoms with Crippen LogP contribution in [0.5, 0.6) is 0 Å². The van der Waals surface area contributed by atoms with Crippen molar-refractivity contribution in [3.05, 3.63) is 29.1 Å². The highest BCUT2D eigenvalue weighted by Gasteiger charge is 2.20. The Morgan fingerprint density at radius 1 is 1.35 bits per heavy atom. The molecule has 6 heteroatoms. The van der Waals surface area contributed by atoms with Gasteiger partial charge in [-0.15, -0.1) is 0 Å². The second-order valence-corrected chi connectivity index (χ2v) is 5.59. The summed E-state index contributed by atoms with van der Waals surface area (Å²) in [6.07, 6.45) is 5.31. The third kappa shape index (κ3) is 2.75. The average Bonchev–Trinajstić information content (AvgIpc) is 3.10. The molecule has 108 valence electrons. The van der Waals surface area contributed by atoms with Crippen LogP contribution in [0.3, 0.4) is 0 Å². The summed E-state index contributed by atoms with van der Waals surface area (Å²) < 4.78 is 3.83. The van der Waals surface area contributed by atoms with Crippen molar-refractivity contribution in [2.24, 2.45) is 7.05 Å². The molecule has 2 aromatic heterocycles. The summed E-state index contributed by atoms with van der Waals surface area (Å²) in [6, 6.07) is 0.768. The van der Waals surface area contributed by atoms with E-state index in [1.165, 1.54) is 24.1 Å². The number of aryl methyl sites for hydroxylation is 2. The summed E-state index contributed by atoms with van der Waals surface area (Å²) >= 11 is 0. The third-order valence-corrected chi connectivity index (χ3v) is 4.01. The smallest absolute Gasteiger partial charge is 0.148 e. The zero-order valence-corrected chi connectivity index (χ0v) is 12.4. The van der Waals surface area contributed by atoms with Gasteiger partial charge < -0.3 is 5.32 Å². The van der Waals surface area contributed by atoms with Crippen molar-refractivity contribution in [1.82, 2.24) is 29.9 Å². The Hall–Kier alpha value is -1.69. The van der Waals surface area contributed by atoms with Gasteiger partial charge in [-0.1, -0.05) is 0 Å². The molecule has 0 bridgehead atoms. The lowest BCUT2D eigenvalue weighted by molar-refractivity contribution is 0.592. The van der Waals surface area contributed by atoms with Gasteiger partial charge >= 0.3 is 0 Å². The van der Waals surface area contributed by atoms with Gasteiger partial charge in [0.1, 0.15) is 18.7 Å². The number of nitrogens with one attached hydrogen (secondary N) is 1. The van der Waals surface area contributed by atoms with Gasteiger partial charge in [-0.05, 0) is 45.2 Å². The van der Waals surface area contributed by atoms with Gasteiger partial charge in [0.15, 0.2) is 0 Å². The van der Waals surface area contributed by atoms with Crippen molar-refractivity contribution in [3.8, 4) is 0 Å². The van der Waals surface area contributed by atoms with Crippen LogP contribution in [-0.4, -0.2) is 37.1 Å². The first kappa shape index (κ1) is 13.3. The van der Waals surface area contributed by atoms with Gasteiger partial charge in [-0.3, -0.25) is 9.36 Å². The molecular formula is C14H22N6. The van der Waals surface area contributed by atoms with E-state index in [1.54, 1.807) is 11.0 Å². The van der Waals surface area contributed by atoms with E-state index in [2.05, 4.69) is 34.3 Å². The molecule has 0 spiro atoms. The first-order chi connectivity index (χ1) is 9.65. The second kappa shape index (κ2) is 5.36. The Kier molecular flexibility index (Phi) is 3.56. The molecule has 0 aliphatic heterocycles. The SMILES string of the molecule is Cc1nn(Cc2ncnn2C)c(C)c1CCNC1CC1. The minimum absolute atomic E-state index is 0.680. The van der Waals surface area contributed by atoms with Crippen LogP contribution in [0.1, 0.15) is 35.6 Å². The van der Waals surface area contributed by atoms with Gasteiger partial charge in [0.25, 0.3) is 0 Å². The summed E-state index contributed by atoms with van der Waals surface area (Å²) in [7, 11) is 1.91. The van der Waals surface area contributed by atoms with Crippen molar-refractivity contribution in [2.75, 3.05) is 6.54 Å². The Morgan fingerprint density at radius 3 is 2.80 bits per heavy atom. The van der Waals surface area contributed by atoms with Crippen molar-refractivity contribution in [2.45, 2.75) is 45.7 Å². The molecule has 1 saturated carbocycles. The van der Waals surface area contributed by atoms with Crippen molar-refractivity contribution in [1.29, 1.82) is 0 Å². The highest BCUT2D eigenvalue weighted by atomic mass is 15.4. The molecular weight excluding hydrogens is 252 g/mol. The van der Waals surface area contributed by atoms with Crippen LogP contribution >= 0.6 is 0 Å². The van der Waals surface area contributed by atoms with Gasteiger partial charge in [0.2, 0.25) is 0 Å². The van der Waals surface area contributed by atoms with Gasteiger partial charge in [-0.2, -0.15) is 10.2 Å². The standard InChI is InChI=1S/C14H22N6/c1-10-13(6-7-15-12-4-5-12)11(2)20(18-10)8-14-16-9-17-19(14)3/h9,12,15H,4-8H2,1-3H3. The Balaban J connectivity index is 1.70. The molecule has 6 nitrogen and oxygen atoms in total. The van der Waals surface area contributed by atoms with E-state index in [0.29, 0.717) is 6.54 Å². The van der Waals surface area contributed by atoms with Gasteiger partial charge in [0, 0.05) is 18.8 Å². The molecule has 0 radical (unpaired) electrons. The topological polar surface area (TPSA) is 60.6 Å². The molecule has 2 aromatic rings. The highest BCUT2D eigenvalue weighted by molar-refractivity contribution is 5.25. The fourth-order valence-electron chi connectivity index (χ4n) is 2.54. The molecule has 1 aliphatic rings. The van der Waals surface area contributed by atoms with Gasteiger partial charge in [-0.25, -0.2) is 4.98 Å². The summed E-state index contributed by atoms with van der Waals surface area (Å²) in [5, 5.41) is 12.3. The molecule has 0 atom stereocenters. The van der Waals surface area contributed by atoms with Crippen LogP contribution < -0.4 is 5.32 Å². The zero-order chi connectivity index (χ0) is 14.1. The first-order valence-electron chi connectivity index (χ1n) is 7.24. The molecule has 0 unspecified atom stereocenters. The molecule has 0 aromatic carbocycles. The van der Waals surface area contributed by atoms with Crippen LogP contribution in [0.4, 0.5) is 0 Å². The molecule has 1 fully saturated rings. The van der Waals surface area contributed by atoms with Crippen molar-refractivity contribution >= 4 is 0 Å². The Morgan fingerprint density at radius 2 is 2.15 bits per heavy atom. The normalized spacial score (nSPS) is 14.9. The number of aromatic nitrogens is 5. The molecule has 1 N–H and O–H groups in total. The van der Waals surface area contributed by atoms with E-state index >= 15 is 0 Å². The maximum absolute atomic E-state index is 4.65. The molecule has 20 heavy (non-hydrogen) atoms. The second-order valence-electron chi connectivity index (χ2n) is 5.59. The Bertz CT molecular complexity index is 593. The predicted octanol–water partition coefficient (Wildman–Crippen LogP) is 0.971. The summed E-state index contributed by atoms with van der Waals surface area (Å²) in [5.41, 5.74) is 3.73. The molecule has 0 amide bonds. The van der Waals surface area contributed by atoms with E-state index < -0.39 is 0 Å². The lowest BCUT2D eigenvalue weighted by Crippen LogP contribution is -2.19. The number of nitrogens with zero attached hydrogens (tertiary/aromatic N) is 5. The van der Waals surface area contributed by atoms with Crippen LogP contribution in [0, 0.1) is 13.8 Å². The summed E-state index contributed by atoms with van der Waals surface area (Å²) in [4.78, 5) is 4.26. The van der Waals surface area contributed by atoms with Crippen LogP contribution in [-0.2, 0) is 20.0 Å². The average molecular weight is 274 g/mol. The maximum Gasteiger partial charge on any atom is 0.148 e. The van der Waals surface area contributed by atoms with Gasteiger partial charge in [0.05, 0.1) is 5.69 Å². The Labute approximate surface area is 119 Å². The monoisotopic (exact) mass is 274 g/mol. The summed E-state index contributed by atoms with van der Waals surface area (Å²) in [5.74, 6) is 0.929. The number of hydrogen-bond donors (Lipinski definition) is 1. The minimum atomic E-state index is 0.680. The van der Waals surface area contributed by atoms with Crippen LogP contribution in [0.2, 0.25) is 0 Å². The molecule has 2 heterocycles. The summed E-state index contributed by atoms with van der Waals surface area (Å²) in [6.45, 7) is 5.96. The van der Waals surface area contributed by atoms with E-state index in [4.69, 9.17) is 0 Å². The van der Waals surface area contributed by atoms with Crippen LogP contribution in [0.15, 0.2) is 6.33 Å². The van der Waals surface area contributed by atoms with E-state index in [-0.39, 0.29) is 0 Å². The largest absolute Gasteiger partial charge is 0.314 e. The first-order valence-corrected chi connectivity index (χ1v) is 7.24. The number of hydrogen-bond acceptors (Lipinski definition) is 4. The maximum atomic E-state index is 4.65. The van der Waals surface area contributed by atoms with E-state index in [0.717, 1.165) is 30.5 Å². The van der Waals surface area contributed by atoms with Crippen LogP contribution in [0.25, 0.3) is 0 Å². The van der Waals surface area contributed by atoms with Crippen molar-refractivity contribution < 1.29 is 0 Å². The fourth-order valence-corrected chi connectivity index (χ4v) is 2.54. The van der Waals surface area contributed by atoms with Crippen molar-refractivity contribution in [3.63, 3.8) is 0 Å². The van der Waals surface area contributed by atoms with E-state index in [9.17, 15) is 0 Å². The minimum Gasteiger partial charge on any atom is -0.314 e. The third-order valence-electron chi connectivity index (χ3n) is 4.01. The zero-order valence-electron chi connectivity index (χ0n) is 12.4. The number of rotatable bonds is 6. The lowest BCUT2D eigenvalue weighted by Gasteiger charge is -2.06. The highest BCUT2D eigenvalue weighted by Crippen LogP contribution is 2.19. The van der Waals surface area contributed by atoms with E-state index in [1.807, 2.05) is 11.7 Å². The molecule has 0 saturated heterocycles.